The van der Waals surface area contributed by atoms with Crippen molar-refractivity contribution in [2.24, 2.45) is 0 Å². The van der Waals surface area contributed by atoms with E-state index < -0.39 is 41.8 Å². The minimum Gasteiger partial charge on any atom is -0.461 e. The number of alkyl halides is 5. The van der Waals surface area contributed by atoms with Gasteiger partial charge in [-0.15, -0.1) is 0 Å². The fraction of sp³-hybridized carbons (Fsp3) is 0.417. The van der Waals surface area contributed by atoms with Crippen LogP contribution in [-0.2, 0) is 15.5 Å². The lowest BCUT2D eigenvalue weighted by Gasteiger charge is -2.19. The molecule has 0 N–H and O–H groups in total. The quantitative estimate of drug-likeness (QED) is 0.596. The third-order valence-corrected chi connectivity index (χ3v) is 2.25. The summed E-state index contributed by atoms with van der Waals surface area (Å²) < 4.78 is 85.6. The number of halogens is 6. The van der Waals surface area contributed by atoms with E-state index in [0.717, 1.165) is 0 Å². The lowest BCUT2D eigenvalue weighted by atomic mass is 10.1. The molecule has 1 atom stereocenters. The molecule has 0 saturated carbocycles. The number of benzene rings is 1. The molecule has 0 amide bonds. The standard InChI is InChI=1S/C12H10F6O3/c1-2-20-11(19)12(17,18)7-4-3-6(13)5-8(7)21-10(16)9(14)15/h3-5,9-10H,2H2,1H3. The molecule has 0 aliphatic rings. The van der Waals surface area contributed by atoms with Crippen LogP contribution < -0.4 is 4.74 Å². The van der Waals surface area contributed by atoms with Crippen LogP contribution >= 0.6 is 0 Å². The highest BCUT2D eigenvalue weighted by atomic mass is 19.3. The predicted molar refractivity (Wildman–Crippen MR) is 58.5 cm³/mol. The maximum atomic E-state index is 13.8. The summed E-state index contributed by atoms with van der Waals surface area (Å²) in [5.74, 6) is -8.63. The monoisotopic (exact) mass is 316 g/mol. The molecule has 118 valence electrons. The Labute approximate surface area is 115 Å². The van der Waals surface area contributed by atoms with Gasteiger partial charge in [-0.1, -0.05) is 0 Å². The van der Waals surface area contributed by atoms with E-state index in [1.54, 1.807) is 0 Å². The molecule has 0 aromatic heterocycles. The van der Waals surface area contributed by atoms with E-state index in [1.807, 2.05) is 0 Å². The molecule has 0 fully saturated rings. The number of carbonyl (C=O) groups is 1. The Morgan fingerprint density at radius 1 is 1.29 bits per heavy atom. The molecule has 0 aliphatic carbocycles. The Morgan fingerprint density at radius 2 is 1.90 bits per heavy atom. The van der Waals surface area contributed by atoms with E-state index in [2.05, 4.69) is 9.47 Å². The van der Waals surface area contributed by atoms with Crippen molar-refractivity contribution in [3.8, 4) is 5.75 Å². The van der Waals surface area contributed by atoms with Gasteiger partial charge in [-0.3, -0.25) is 0 Å². The van der Waals surface area contributed by atoms with Crippen LogP contribution in [0.2, 0.25) is 0 Å². The lowest BCUT2D eigenvalue weighted by molar-refractivity contribution is -0.173. The van der Waals surface area contributed by atoms with Gasteiger partial charge in [0.15, 0.2) is 0 Å². The van der Waals surface area contributed by atoms with Crippen molar-refractivity contribution in [3.05, 3.63) is 29.6 Å². The molecule has 1 aromatic rings. The van der Waals surface area contributed by atoms with Gasteiger partial charge in [0.05, 0.1) is 12.2 Å². The molecular weight excluding hydrogens is 306 g/mol. The molecule has 9 heteroatoms. The first-order valence-electron chi connectivity index (χ1n) is 5.64. The second-order valence-electron chi connectivity index (χ2n) is 3.74. The summed E-state index contributed by atoms with van der Waals surface area (Å²) in [6.07, 6.45) is -6.87. The highest BCUT2D eigenvalue weighted by Gasteiger charge is 2.45. The van der Waals surface area contributed by atoms with Crippen LogP contribution in [0.15, 0.2) is 18.2 Å². The highest BCUT2D eigenvalue weighted by Crippen LogP contribution is 2.37. The molecule has 0 bridgehead atoms. The molecule has 1 unspecified atom stereocenters. The van der Waals surface area contributed by atoms with Crippen molar-refractivity contribution in [2.45, 2.75) is 25.6 Å². The zero-order valence-electron chi connectivity index (χ0n) is 10.6. The maximum Gasteiger partial charge on any atom is 0.382 e. The van der Waals surface area contributed by atoms with E-state index in [1.165, 1.54) is 6.92 Å². The van der Waals surface area contributed by atoms with Crippen LogP contribution in [0.3, 0.4) is 0 Å². The van der Waals surface area contributed by atoms with Gasteiger partial charge in [0.1, 0.15) is 11.6 Å². The predicted octanol–water partition coefficient (Wildman–Crippen LogP) is 3.42. The average Bonchev–Trinajstić information content (AvgIpc) is 2.38. The first kappa shape index (κ1) is 17.1. The van der Waals surface area contributed by atoms with Crippen molar-refractivity contribution in [2.75, 3.05) is 6.61 Å². The van der Waals surface area contributed by atoms with E-state index in [0.29, 0.717) is 12.1 Å². The lowest BCUT2D eigenvalue weighted by Crippen LogP contribution is -2.30. The highest BCUT2D eigenvalue weighted by molar-refractivity contribution is 5.80. The van der Waals surface area contributed by atoms with Gasteiger partial charge in [0, 0.05) is 6.07 Å². The summed E-state index contributed by atoms with van der Waals surface area (Å²) in [6.45, 7) is 0.902. The van der Waals surface area contributed by atoms with E-state index in [4.69, 9.17) is 0 Å². The molecule has 3 nitrogen and oxygen atoms in total. The molecule has 0 heterocycles. The Kier molecular flexibility index (Phi) is 5.45. The van der Waals surface area contributed by atoms with Gasteiger partial charge in [0.2, 0.25) is 0 Å². The topological polar surface area (TPSA) is 35.5 Å². The molecule has 0 saturated heterocycles. The van der Waals surface area contributed by atoms with Crippen LogP contribution in [0, 0.1) is 5.82 Å². The van der Waals surface area contributed by atoms with Crippen LogP contribution in [-0.4, -0.2) is 25.4 Å². The zero-order valence-corrected chi connectivity index (χ0v) is 10.6. The minimum absolute atomic E-state index is 0.275. The van der Waals surface area contributed by atoms with Crippen molar-refractivity contribution in [3.63, 3.8) is 0 Å². The first-order valence-corrected chi connectivity index (χ1v) is 5.64. The SMILES string of the molecule is CCOC(=O)C(F)(F)c1ccc(F)cc1OC(F)C(F)F. The number of hydrogen-bond donors (Lipinski definition) is 0. The van der Waals surface area contributed by atoms with E-state index in [9.17, 15) is 31.1 Å². The van der Waals surface area contributed by atoms with Crippen molar-refractivity contribution in [1.82, 2.24) is 0 Å². The first-order chi connectivity index (χ1) is 9.70. The summed E-state index contributed by atoms with van der Waals surface area (Å²) in [4.78, 5) is 11.2. The summed E-state index contributed by atoms with van der Waals surface area (Å²) >= 11 is 0. The molecular formula is C12H10F6O3. The molecule has 21 heavy (non-hydrogen) atoms. The van der Waals surface area contributed by atoms with Crippen LogP contribution in [0.1, 0.15) is 12.5 Å². The third kappa shape index (κ3) is 4.02. The van der Waals surface area contributed by atoms with E-state index in [-0.39, 0.29) is 12.7 Å². The fourth-order valence-corrected chi connectivity index (χ4v) is 1.36. The number of ether oxygens (including phenoxy) is 2. The Bertz CT molecular complexity index is 506. The Balaban J connectivity index is 3.20. The molecule has 0 radical (unpaired) electrons. The van der Waals surface area contributed by atoms with Gasteiger partial charge in [0.25, 0.3) is 6.36 Å². The number of rotatable bonds is 6. The normalized spacial score (nSPS) is 13.1. The van der Waals surface area contributed by atoms with Crippen LogP contribution in [0.4, 0.5) is 26.3 Å². The zero-order chi connectivity index (χ0) is 16.2. The van der Waals surface area contributed by atoms with E-state index >= 15 is 0 Å². The summed E-state index contributed by atoms with van der Waals surface area (Å²) in [6, 6.07) is 1.25. The van der Waals surface area contributed by atoms with Gasteiger partial charge in [-0.25, -0.2) is 18.0 Å². The third-order valence-electron chi connectivity index (χ3n) is 2.25. The average molecular weight is 316 g/mol. The van der Waals surface area contributed by atoms with Gasteiger partial charge in [-0.05, 0) is 19.1 Å². The Hall–Kier alpha value is -1.93. The number of hydrogen-bond acceptors (Lipinski definition) is 3. The summed E-state index contributed by atoms with van der Waals surface area (Å²) in [5, 5.41) is 0. The van der Waals surface area contributed by atoms with Crippen LogP contribution in [0.25, 0.3) is 0 Å². The smallest absolute Gasteiger partial charge is 0.382 e. The molecule has 1 rings (SSSR count). The van der Waals surface area contributed by atoms with Crippen LogP contribution in [0.5, 0.6) is 5.75 Å². The second kappa shape index (κ2) is 6.68. The molecule has 0 spiro atoms. The van der Waals surface area contributed by atoms with Gasteiger partial charge >= 0.3 is 18.3 Å². The summed E-state index contributed by atoms with van der Waals surface area (Å²) in [7, 11) is 0. The van der Waals surface area contributed by atoms with Crippen molar-refractivity contribution in [1.29, 1.82) is 0 Å². The fourth-order valence-electron chi connectivity index (χ4n) is 1.36. The number of carbonyl (C=O) groups excluding carboxylic acids is 1. The number of esters is 1. The van der Waals surface area contributed by atoms with Crippen molar-refractivity contribution >= 4 is 5.97 Å². The summed E-state index contributed by atoms with van der Waals surface area (Å²) in [5.41, 5.74) is -1.27. The maximum absolute atomic E-state index is 13.8. The van der Waals surface area contributed by atoms with Gasteiger partial charge < -0.3 is 9.47 Å². The Morgan fingerprint density at radius 3 is 2.43 bits per heavy atom. The van der Waals surface area contributed by atoms with Crippen molar-refractivity contribution < 1.29 is 40.6 Å². The largest absolute Gasteiger partial charge is 0.461 e. The van der Waals surface area contributed by atoms with Gasteiger partial charge in [-0.2, -0.15) is 13.2 Å². The molecule has 0 aliphatic heterocycles. The molecule has 1 aromatic carbocycles. The minimum atomic E-state index is -4.30. The second-order valence-corrected chi connectivity index (χ2v) is 3.74.